The molecule has 2 aromatic carbocycles. The molecule has 1 atom stereocenters. The van der Waals surface area contributed by atoms with Crippen molar-refractivity contribution in [3.8, 4) is 5.75 Å². The fraction of sp³-hybridized carbons (Fsp3) is 0.211. The maximum Gasteiger partial charge on any atom is 0.257 e. The molecule has 0 aliphatic rings. The van der Waals surface area contributed by atoms with Crippen LogP contribution in [0.4, 0.5) is 5.13 Å². The fourth-order valence-corrected chi connectivity index (χ4v) is 3.35. The van der Waals surface area contributed by atoms with E-state index in [9.17, 15) is 4.79 Å². The van der Waals surface area contributed by atoms with Crippen molar-refractivity contribution in [1.29, 1.82) is 0 Å². The third-order valence-corrected chi connectivity index (χ3v) is 4.73. The summed E-state index contributed by atoms with van der Waals surface area (Å²) in [5.74, 6) is 0.760. The highest BCUT2D eigenvalue weighted by molar-refractivity contribution is 7.15. The molecule has 1 heterocycles. The minimum atomic E-state index is -0.224. The smallest absolute Gasteiger partial charge is 0.257 e. The van der Waals surface area contributed by atoms with E-state index in [0.717, 1.165) is 11.4 Å². The lowest BCUT2D eigenvalue weighted by molar-refractivity contribution is 0.102. The van der Waals surface area contributed by atoms with Gasteiger partial charge in [-0.15, -0.1) is 10.2 Å². The van der Waals surface area contributed by atoms with E-state index in [1.165, 1.54) is 16.9 Å². The molecule has 25 heavy (non-hydrogen) atoms. The van der Waals surface area contributed by atoms with Crippen molar-refractivity contribution in [2.75, 3.05) is 12.4 Å². The number of amides is 1. The number of hydrogen-bond acceptors (Lipinski definition) is 5. The number of carbonyl (C=O) groups is 1. The van der Waals surface area contributed by atoms with Crippen LogP contribution in [-0.4, -0.2) is 23.2 Å². The van der Waals surface area contributed by atoms with Crippen molar-refractivity contribution in [2.24, 2.45) is 0 Å². The summed E-state index contributed by atoms with van der Waals surface area (Å²) in [5.41, 5.74) is 1.79. The van der Waals surface area contributed by atoms with Crippen LogP contribution in [-0.2, 0) is 6.42 Å². The van der Waals surface area contributed by atoms with Crippen molar-refractivity contribution in [2.45, 2.75) is 19.3 Å². The number of anilines is 1. The minimum Gasteiger partial charge on any atom is -0.497 e. The molecule has 0 aliphatic carbocycles. The Bertz CT molecular complexity index is 849. The van der Waals surface area contributed by atoms with Gasteiger partial charge in [0.15, 0.2) is 0 Å². The second-order valence-electron chi connectivity index (χ2n) is 5.70. The average molecular weight is 353 g/mol. The lowest BCUT2D eigenvalue weighted by Gasteiger charge is -2.08. The minimum absolute atomic E-state index is 0.224. The van der Waals surface area contributed by atoms with Crippen LogP contribution in [0.5, 0.6) is 5.75 Å². The topological polar surface area (TPSA) is 64.1 Å². The van der Waals surface area contributed by atoms with Gasteiger partial charge in [-0.2, -0.15) is 0 Å². The number of ether oxygens (including phenoxy) is 1. The monoisotopic (exact) mass is 353 g/mol. The van der Waals surface area contributed by atoms with Crippen molar-refractivity contribution >= 4 is 22.4 Å². The Hall–Kier alpha value is -2.73. The van der Waals surface area contributed by atoms with Gasteiger partial charge in [0, 0.05) is 12.0 Å². The highest BCUT2D eigenvalue weighted by Gasteiger charge is 2.13. The summed E-state index contributed by atoms with van der Waals surface area (Å²) in [6, 6.07) is 17.3. The van der Waals surface area contributed by atoms with E-state index >= 15 is 0 Å². The number of aromatic nitrogens is 2. The molecule has 6 heteroatoms. The van der Waals surface area contributed by atoms with Gasteiger partial charge in [0.1, 0.15) is 10.8 Å². The number of nitrogens with one attached hydrogen (secondary N) is 1. The Morgan fingerprint density at radius 3 is 2.72 bits per heavy atom. The SMILES string of the molecule is COc1cccc(C(=O)Nc2nnc(CC(C)c3ccccc3)s2)c1. The Morgan fingerprint density at radius 2 is 1.96 bits per heavy atom. The van der Waals surface area contributed by atoms with Crippen molar-refractivity contribution in [1.82, 2.24) is 10.2 Å². The first-order chi connectivity index (χ1) is 12.2. The van der Waals surface area contributed by atoms with E-state index in [-0.39, 0.29) is 5.91 Å². The summed E-state index contributed by atoms with van der Waals surface area (Å²) in [6.45, 7) is 2.16. The van der Waals surface area contributed by atoms with E-state index in [1.807, 2.05) is 18.2 Å². The molecule has 1 N–H and O–H groups in total. The fourth-order valence-electron chi connectivity index (χ4n) is 2.48. The molecule has 0 radical (unpaired) electrons. The van der Waals surface area contributed by atoms with E-state index in [0.29, 0.717) is 22.4 Å². The van der Waals surface area contributed by atoms with Gasteiger partial charge in [-0.25, -0.2) is 0 Å². The molecule has 0 aliphatic heterocycles. The molecule has 1 unspecified atom stereocenters. The number of carbonyl (C=O) groups excluding carboxylic acids is 1. The van der Waals surface area contributed by atoms with E-state index in [2.05, 4.69) is 34.6 Å². The maximum absolute atomic E-state index is 12.3. The Morgan fingerprint density at radius 1 is 1.16 bits per heavy atom. The van der Waals surface area contributed by atoms with Gasteiger partial charge in [0.25, 0.3) is 5.91 Å². The predicted molar refractivity (Wildman–Crippen MR) is 99.4 cm³/mol. The third kappa shape index (κ3) is 4.42. The molecule has 1 amide bonds. The maximum atomic E-state index is 12.3. The molecule has 0 bridgehead atoms. The van der Waals surface area contributed by atoms with E-state index < -0.39 is 0 Å². The molecule has 0 saturated heterocycles. The third-order valence-electron chi connectivity index (χ3n) is 3.87. The Kier molecular flexibility index (Phi) is 5.40. The Balaban J connectivity index is 1.64. The highest BCUT2D eigenvalue weighted by Crippen LogP contribution is 2.24. The molecular formula is C19H19N3O2S. The molecule has 0 fully saturated rings. The van der Waals surface area contributed by atoms with Crippen LogP contribution in [0.2, 0.25) is 0 Å². The van der Waals surface area contributed by atoms with Gasteiger partial charge in [-0.05, 0) is 29.7 Å². The lowest BCUT2D eigenvalue weighted by atomic mass is 9.98. The van der Waals surface area contributed by atoms with Gasteiger partial charge < -0.3 is 4.74 Å². The number of nitrogens with zero attached hydrogens (tertiary/aromatic N) is 2. The largest absolute Gasteiger partial charge is 0.497 e. The highest BCUT2D eigenvalue weighted by atomic mass is 32.1. The quantitative estimate of drug-likeness (QED) is 0.723. The standard InChI is InChI=1S/C19H19N3O2S/c1-13(14-7-4-3-5-8-14)11-17-21-22-19(25-17)20-18(23)15-9-6-10-16(12-15)24-2/h3-10,12-13H,11H2,1-2H3,(H,20,22,23). The summed E-state index contributed by atoms with van der Waals surface area (Å²) < 4.78 is 5.14. The summed E-state index contributed by atoms with van der Waals surface area (Å²) in [4.78, 5) is 12.3. The van der Waals surface area contributed by atoms with Crippen LogP contribution in [0, 0.1) is 0 Å². The summed E-state index contributed by atoms with van der Waals surface area (Å²) >= 11 is 1.40. The van der Waals surface area contributed by atoms with Gasteiger partial charge in [0.05, 0.1) is 7.11 Å². The zero-order valence-electron chi connectivity index (χ0n) is 14.1. The zero-order chi connectivity index (χ0) is 17.6. The normalized spacial score (nSPS) is 11.8. The number of benzene rings is 2. The average Bonchev–Trinajstić information content (AvgIpc) is 3.09. The molecule has 3 rings (SSSR count). The van der Waals surface area contributed by atoms with Crippen LogP contribution in [0.3, 0.4) is 0 Å². The van der Waals surface area contributed by atoms with Gasteiger partial charge >= 0.3 is 0 Å². The van der Waals surface area contributed by atoms with Crippen molar-refractivity contribution in [3.63, 3.8) is 0 Å². The van der Waals surface area contributed by atoms with Crippen LogP contribution in [0.25, 0.3) is 0 Å². The first-order valence-electron chi connectivity index (χ1n) is 7.98. The number of hydrogen-bond donors (Lipinski definition) is 1. The van der Waals surface area contributed by atoms with Crippen LogP contribution in [0.15, 0.2) is 54.6 Å². The summed E-state index contributed by atoms with van der Waals surface area (Å²) in [7, 11) is 1.57. The second kappa shape index (κ2) is 7.90. The van der Waals surface area contributed by atoms with Gasteiger partial charge in [0.2, 0.25) is 5.13 Å². The number of methoxy groups -OCH3 is 1. The zero-order valence-corrected chi connectivity index (χ0v) is 14.9. The molecule has 1 aromatic heterocycles. The number of rotatable bonds is 6. The Labute approximate surface area is 150 Å². The van der Waals surface area contributed by atoms with Gasteiger partial charge in [-0.3, -0.25) is 10.1 Å². The molecule has 128 valence electrons. The second-order valence-corrected chi connectivity index (χ2v) is 6.76. The molecule has 5 nitrogen and oxygen atoms in total. The summed E-state index contributed by atoms with van der Waals surface area (Å²) in [5, 5.41) is 12.5. The van der Waals surface area contributed by atoms with E-state index in [4.69, 9.17) is 4.74 Å². The molecule has 0 saturated carbocycles. The lowest BCUT2D eigenvalue weighted by Crippen LogP contribution is -2.11. The summed E-state index contributed by atoms with van der Waals surface area (Å²) in [6.07, 6.45) is 0.788. The first kappa shape index (κ1) is 17.1. The first-order valence-corrected chi connectivity index (χ1v) is 8.80. The van der Waals surface area contributed by atoms with Crippen molar-refractivity contribution in [3.05, 3.63) is 70.7 Å². The predicted octanol–water partition coefficient (Wildman–Crippen LogP) is 4.15. The van der Waals surface area contributed by atoms with Crippen LogP contribution < -0.4 is 10.1 Å². The van der Waals surface area contributed by atoms with Crippen molar-refractivity contribution < 1.29 is 9.53 Å². The van der Waals surface area contributed by atoms with Crippen LogP contribution >= 0.6 is 11.3 Å². The molecular weight excluding hydrogens is 334 g/mol. The van der Waals surface area contributed by atoms with E-state index in [1.54, 1.807) is 31.4 Å². The molecule has 0 spiro atoms. The van der Waals surface area contributed by atoms with Crippen LogP contribution in [0.1, 0.15) is 33.8 Å². The van der Waals surface area contributed by atoms with Gasteiger partial charge in [-0.1, -0.05) is 54.7 Å². The molecule has 3 aromatic rings.